The molecule has 1 unspecified atom stereocenters. The maximum atomic E-state index is 5.76. The van der Waals surface area contributed by atoms with Crippen LogP contribution >= 0.6 is 0 Å². The molecule has 20 heavy (non-hydrogen) atoms. The lowest BCUT2D eigenvalue weighted by atomic mass is 10.0. The van der Waals surface area contributed by atoms with E-state index in [4.69, 9.17) is 4.74 Å². The second-order valence-corrected chi connectivity index (χ2v) is 5.37. The predicted octanol–water partition coefficient (Wildman–Crippen LogP) is 1.36. The van der Waals surface area contributed by atoms with Gasteiger partial charge in [-0.25, -0.2) is 0 Å². The molecule has 1 saturated heterocycles. The second-order valence-electron chi connectivity index (χ2n) is 5.37. The van der Waals surface area contributed by atoms with Gasteiger partial charge in [0, 0.05) is 39.1 Å². The normalized spacial score (nSPS) is 22.8. The molecule has 0 radical (unpaired) electrons. The Morgan fingerprint density at radius 1 is 1.50 bits per heavy atom. The topological polar surface area (TPSA) is 58.5 Å². The van der Waals surface area contributed by atoms with Gasteiger partial charge < -0.3 is 15.4 Å². The third-order valence-corrected chi connectivity index (χ3v) is 3.58. The SMILES string of the molecule is CN=C(NCCc1cccnc1)NCC1(C)CCCO1. The molecule has 5 heteroatoms. The van der Waals surface area contributed by atoms with Gasteiger partial charge in [-0.15, -0.1) is 0 Å². The van der Waals surface area contributed by atoms with Gasteiger partial charge >= 0.3 is 0 Å². The minimum absolute atomic E-state index is 0.0546. The smallest absolute Gasteiger partial charge is 0.191 e. The Bertz CT molecular complexity index is 427. The summed E-state index contributed by atoms with van der Waals surface area (Å²) in [6.07, 6.45) is 6.87. The van der Waals surface area contributed by atoms with Crippen molar-refractivity contribution in [2.75, 3.05) is 26.7 Å². The van der Waals surface area contributed by atoms with E-state index in [0.29, 0.717) is 0 Å². The summed E-state index contributed by atoms with van der Waals surface area (Å²) in [7, 11) is 1.79. The lowest BCUT2D eigenvalue weighted by molar-refractivity contribution is 0.0243. The summed E-state index contributed by atoms with van der Waals surface area (Å²) in [5.74, 6) is 0.825. The van der Waals surface area contributed by atoms with Crippen LogP contribution in [0.4, 0.5) is 0 Å². The van der Waals surface area contributed by atoms with Crippen LogP contribution in [0.5, 0.6) is 0 Å². The number of aliphatic imine (C=N–C) groups is 1. The molecule has 0 spiro atoms. The molecule has 1 aliphatic heterocycles. The first-order chi connectivity index (χ1) is 9.72. The van der Waals surface area contributed by atoms with Crippen LogP contribution < -0.4 is 10.6 Å². The van der Waals surface area contributed by atoms with Crippen molar-refractivity contribution in [2.45, 2.75) is 31.8 Å². The van der Waals surface area contributed by atoms with Gasteiger partial charge in [0.05, 0.1) is 5.60 Å². The summed E-state index contributed by atoms with van der Waals surface area (Å²) < 4.78 is 5.76. The van der Waals surface area contributed by atoms with Crippen LogP contribution in [0.2, 0.25) is 0 Å². The maximum absolute atomic E-state index is 5.76. The number of aromatic nitrogens is 1. The van der Waals surface area contributed by atoms with Crippen LogP contribution in [-0.2, 0) is 11.2 Å². The summed E-state index contributed by atoms with van der Waals surface area (Å²) in [6.45, 7) is 4.64. The molecule has 1 fully saturated rings. The summed E-state index contributed by atoms with van der Waals surface area (Å²) in [5.41, 5.74) is 1.17. The van der Waals surface area contributed by atoms with Crippen LogP contribution in [0.25, 0.3) is 0 Å². The fourth-order valence-corrected chi connectivity index (χ4v) is 2.34. The van der Waals surface area contributed by atoms with Crippen LogP contribution in [0.3, 0.4) is 0 Å². The van der Waals surface area contributed by atoms with Crippen molar-refractivity contribution in [3.63, 3.8) is 0 Å². The fraction of sp³-hybridized carbons (Fsp3) is 0.600. The largest absolute Gasteiger partial charge is 0.373 e. The van der Waals surface area contributed by atoms with Crippen molar-refractivity contribution in [2.24, 2.45) is 4.99 Å². The van der Waals surface area contributed by atoms with Gasteiger partial charge in [0.15, 0.2) is 5.96 Å². The van der Waals surface area contributed by atoms with Crippen molar-refractivity contribution in [3.05, 3.63) is 30.1 Å². The Hall–Kier alpha value is -1.62. The van der Waals surface area contributed by atoms with E-state index in [1.54, 1.807) is 13.2 Å². The molecule has 0 bridgehead atoms. The highest BCUT2D eigenvalue weighted by molar-refractivity contribution is 5.79. The first kappa shape index (κ1) is 14.8. The summed E-state index contributed by atoms with van der Waals surface area (Å²) in [4.78, 5) is 8.34. The van der Waals surface area contributed by atoms with Crippen molar-refractivity contribution < 1.29 is 4.74 Å². The third-order valence-electron chi connectivity index (χ3n) is 3.58. The Labute approximate surface area is 120 Å². The maximum Gasteiger partial charge on any atom is 0.191 e. The van der Waals surface area contributed by atoms with Gasteiger partial charge in [-0.1, -0.05) is 6.07 Å². The average molecular weight is 276 g/mol. The number of rotatable bonds is 5. The molecule has 2 heterocycles. The molecule has 5 nitrogen and oxygen atoms in total. The molecule has 0 saturated carbocycles. The van der Waals surface area contributed by atoms with Crippen molar-refractivity contribution in [3.8, 4) is 0 Å². The van der Waals surface area contributed by atoms with E-state index in [1.807, 2.05) is 12.3 Å². The number of hydrogen-bond donors (Lipinski definition) is 2. The van der Waals surface area contributed by atoms with Crippen LogP contribution in [0.15, 0.2) is 29.5 Å². The zero-order valence-corrected chi connectivity index (χ0v) is 12.4. The van der Waals surface area contributed by atoms with E-state index in [9.17, 15) is 0 Å². The summed E-state index contributed by atoms with van der Waals surface area (Å²) in [6, 6.07) is 4.04. The van der Waals surface area contributed by atoms with E-state index in [2.05, 4.69) is 33.6 Å². The number of ether oxygens (including phenoxy) is 1. The number of nitrogens with one attached hydrogen (secondary N) is 2. The monoisotopic (exact) mass is 276 g/mol. The van der Waals surface area contributed by atoms with Gasteiger partial charge in [0.25, 0.3) is 0 Å². The molecule has 2 N–H and O–H groups in total. The van der Waals surface area contributed by atoms with E-state index in [0.717, 1.165) is 44.9 Å². The van der Waals surface area contributed by atoms with Gasteiger partial charge in [0.2, 0.25) is 0 Å². The van der Waals surface area contributed by atoms with E-state index in [1.165, 1.54) is 5.56 Å². The van der Waals surface area contributed by atoms with Gasteiger partial charge in [0.1, 0.15) is 0 Å². The van der Waals surface area contributed by atoms with Crippen LogP contribution in [-0.4, -0.2) is 43.3 Å². The predicted molar refractivity (Wildman–Crippen MR) is 80.9 cm³/mol. The van der Waals surface area contributed by atoms with E-state index >= 15 is 0 Å². The second kappa shape index (κ2) is 7.24. The highest BCUT2D eigenvalue weighted by atomic mass is 16.5. The quantitative estimate of drug-likeness (QED) is 0.630. The molecule has 0 aromatic carbocycles. The van der Waals surface area contributed by atoms with Crippen molar-refractivity contribution in [1.82, 2.24) is 15.6 Å². The molecule has 1 aromatic rings. The van der Waals surface area contributed by atoms with Crippen molar-refractivity contribution in [1.29, 1.82) is 0 Å². The Balaban J connectivity index is 1.70. The lowest BCUT2D eigenvalue weighted by Gasteiger charge is -2.24. The third kappa shape index (κ3) is 4.49. The molecule has 2 rings (SSSR count). The minimum Gasteiger partial charge on any atom is -0.373 e. The first-order valence-electron chi connectivity index (χ1n) is 7.19. The summed E-state index contributed by atoms with van der Waals surface area (Å²) >= 11 is 0. The summed E-state index contributed by atoms with van der Waals surface area (Å²) in [5, 5.41) is 6.65. The van der Waals surface area contributed by atoms with E-state index < -0.39 is 0 Å². The Kier molecular flexibility index (Phi) is 5.35. The van der Waals surface area contributed by atoms with Crippen molar-refractivity contribution >= 4 is 5.96 Å². The van der Waals surface area contributed by atoms with Gasteiger partial charge in [-0.3, -0.25) is 9.98 Å². The highest BCUT2D eigenvalue weighted by Crippen LogP contribution is 2.23. The Morgan fingerprint density at radius 3 is 3.05 bits per heavy atom. The molecule has 1 aliphatic rings. The molecule has 110 valence electrons. The molecule has 0 aliphatic carbocycles. The zero-order chi connectivity index (χ0) is 14.3. The first-order valence-corrected chi connectivity index (χ1v) is 7.19. The van der Waals surface area contributed by atoms with Gasteiger partial charge in [-0.05, 0) is 37.8 Å². The number of hydrogen-bond acceptors (Lipinski definition) is 3. The average Bonchev–Trinajstić information content (AvgIpc) is 2.91. The molecule has 0 amide bonds. The fourth-order valence-electron chi connectivity index (χ4n) is 2.34. The number of pyridine rings is 1. The van der Waals surface area contributed by atoms with E-state index in [-0.39, 0.29) is 5.60 Å². The molecular weight excluding hydrogens is 252 g/mol. The number of nitrogens with zero attached hydrogens (tertiary/aromatic N) is 2. The highest BCUT2D eigenvalue weighted by Gasteiger charge is 2.29. The van der Waals surface area contributed by atoms with Crippen LogP contribution in [0.1, 0.15) is 25.3 Å². The minimum atomic E-state index is -0.0546. The molecule has 1 atom stereocenters. The Morgan fingerprint density at radius 2 is 2.40 bits per heavy atom. The van der Waals surface area contributed by atoms with Gasteiger partial charge in [-0.2, -0.15) is 0 Å². The number of guanidine groups is 1. The molecular formula is C15H24N4O. The van der Waals surface area contributed by atoms with Crippen LogP contribution in [0, 0.1) is 0 Å². The lowest BCUT2D eigenvalue weighted by Crippen LogP contribution is -2.45. The zero-order valence-electron chi connectivity index (χ0n) is 12.4. The molecule has 1 aromatic heterocycles. The standard InChI is InChI=1S/C15H24N4O/c1-15(7-4-10-20-15)12-19-14(16-2)18-9-6-13-5-3-8-17-11-13/h3,5,8,11H,4,6-7,9-10,12H2,1-2H3,(H2,16,18,19).